The van der Waals surface area contributed by atoms with Crippen molar-refractivity contribution in [3.05, 3.63) is 81.3 Å². The number of carboxylic acids is 1. The van der Waals surface area contributed by atoms with E-state index in [1.165, 1.54) is 22.4 Å². The van der Waals surface area contributed by atoms with Gasteiger partial charge in [-0.25, -0.2) is 9.78 Å². The Labute approximate surface area is 333 Å². The number of nitrogens with two attached hydrogens (primary N) is 1. The van der Waals surface area contributed by atoms with Gasteiger partial charge in [-0.2, -0.15) is 0 Å². The standard InChI is InChI=1S/C35H39B2F2N9O9S/c1-18-14-19(2)47-25(18)16-22-7-6-21(48(22)37(47,38)39)8-9-27(49)41-10-11-45-12-13-46(32(52)31(45)51)35(55)44-28(24-17-58-34(40)42-24)30(50)43-26-15-20-4-3-5-23(33(53)54)29(20)57-36(26)56/h3-7,14,16-17,26,28,35,44,55-56H,8-13,15H2,1-2H3,(H2,40,42)(H,41,49)(H,43,50)(H,53,54)/t26-,28?,35?/m0/s1. The number of fused-ring (bicyclic) bond motifs is 3. The highest BCUT2D eigenvalue weighted by molar-refractivity contribution is 7.13. The Balaban J connectivity index is 0.920. The first-order valence-electron chi connectivity index (χ1n) is 18.3. The summed E-state index contributed by atoms with van der Waals surface area (Å²) in [4.78, 5) is 70.4. The molecule has 2 aromatic heterocycles. The summed E-state index contributed by atoms with van der Waals surface area (Å²) in [5.74, 6) is -5.66. The summed E-state index contributed by atoms with van der Waals surface area (Å²) in [5, 5.41) is 40.7. The SMILES string of the molecule is Cc1cc(C)n2c1C=C1C=CC(CCC(=O)NCCN3CCN(C(O)NC(C(=O)N[C@H]4Cc5cccc(C(=O)O)c5OB4O)c4csc(N)n4)C(=O)C3=O)=[N+]1[B-]2(F)F. The van der Waals surface area contributed by atoms with E-state index in [2.05, 4.69) is 20.9 Å². The number of aryl methyl sites for hydroxylation is 2. The fourth-order valence-corrected chi connectivity index (χ4v) is 8.23. The van der Waals surface area contributed by atoms with Gasteiger partial charge in [0, 0.05) is 68.3 Å². The van der Waals surface area contributed by atoms with E-state index in [0.29, 0.717) is 28.4 Å². The Morgan fingerprint density at radius 3 is 2.69 bits per heavy atom. The highest BCUT2D eigenvalue weighted by Gasteiger charge is 2.52. The van der Waals surface area contributed by atoms with Crippen molar-refractivity contribution in [3.8, 4) is 5.75 Å². The summed E-state index contributed by atoms with van der Waals surface area (Å²) in [6.45, 7) is -1.04. The van der Waals surface area contributed by atoms with Crippen LogP contribution in [-0.2, 0) is 25.6 Å². The number of hydrogen-bond acceptors (Lipinski definition) is 12. The maximum atomic E-state index is 15.7. The summed E-state index contributed by atoms with van der Waals surface area (Å²) in [5.41, 5.74) is 8.41. The summed E-state index contributed by atoms with van der Waals surface area (Å²) in [6, 6.07) is 4.67. The van der Waals surface area contributed by atoms with Crippen molar-refractivity contribution in [2.75, 3.05) is 31.9 Å². The number of carboxylic acid groups (broad SMARTS) is 1. The lowest BCUT2D eigenvalue weighted by atomic mass is 9.72. The molecule has 1 aromatic carbocycles. The van der Waals surface area contributed by atoms with E-state index in [1.807, 2.05) is 0 Å². The van der Waals surface area contributed by atoms with Gasteiger partial charge in [0.2, 0.25) is 11.8 Å². The Hall–Kier alpha value is -5.90. The van der Waals surface area contributed by atoms with Gasteiger partial charge in [-0.15, -0.1) is 11.3 Å². The number of piperazine rings is 1. The van der Waals surface area contributed by atoms with Crippen LogP contribution in [-0.4, -0.2) is 127 Å². The van der Waals surface area contributed by atoms with E-state index in [-0.39, 0.29) is 67.6 Å². The lowest BCUT2D eigenvalue weighted by Crippen LogP contribution is -2.62. The largest absolute Gasteiger partial charge is 0.737 e. The van der Waals surface area contributed by atoms with Gasteiger partial charge >= 0.3 is 31.9 Å². The molecule has 4 aliphatic heterocycles. The molecule has 0 bridgehead atoms. The zero-order chi connectivity index (χ0) is 41.6. The van der Waals surface area contributed by atoms with Gasteiger partial charge in [0.1, 0.15) is 17.5 Å². The maximum absolute atomic E-state index is 15.7. The fraction of sp³-hybridized carbons (Fsp3) is 0.343. The Bertz CT molecular complexity index is 2320. The topological polar surface area (TPSA) is 245 Å². The van der Waals surface area contributed by atoms with Crippen molar-refractivity contribution in [2.24, 2.45) is 0 Å². The van der Waals surface area contributed by atoms with Crippen LogP contribution in [0.3, 0.4) is 0 Å². The van der Waals surface area contributed by atoms with Crippen molar-refractivity contribution < 1.29 is 57.0 Å². The van der Waals surface area contributed by atoms with Crippen molar-refractivity contribution in [2.45, 2.75) is 51.4 Å². The van der Waals surface area contributed by atoms with Crippen LogP contribution in [0.25, 0.3) is 6.08 Å². The number of anilines is 1. The molecule has 23 heteroatoms. The van der Waals surface area contributed by atoms with Crippen LogP contribution in [0, 0.1) is 13.8 Å². The van der Waals surface area contributed by atoms with Gasteiger partial charge in [0.25, 0.3) is 0 Å². The molecule has 4 amide bonds. The number of hydrogen-bond donors (Lipinski definition) is 7. The Morgan fingerprint density at radius 2 is 1.97 bits per heavy atom. The van der Waals surface area contributed by atoms with E-state index in [4.69, 9.17) is 10.4 Å². The zero-order valence-corrected chi connectivity index (χ0v) is 32.0. The minimum Gasteiger partial charge on any atom is -0.534 e. The number of aliphatic hydroxyl groups is 1. The molecular weight excluding hydrogens is 782 g/mol. The lowest BCUT2D eigenvalue weighted by molar-refractivity contribution is -0.362. The minimum absolute atomic E-state index is 0.00425. The number of aromatic carboxylic acids is 1. The average molecular weight is 821 g/mol. The second kappa shape index (κ2) is 15.8. The van der Waals surface area contributed by atoms with Gasteiger partial charge in [0.05, 0.1) is 17.2 Å². The normalized spacial score (nSPS) is 19.2. The third kappa shape index (κ3) is 7.60. The second-order valence-corrected chi connectivity index (χ2v) is 15.1. The van der Waals surface area contributed by atoms with Gasteiger partial charge in [-0.3, -0.25) is 29.4 Å². The number of nitrogens with zero attached hydrogens (tertiary/aromatic N) is 5. The molecule has 6 heterocycles. The van der Waals surface area contributed by atoms with Gasteiger partial charge in [-0.05, 0) is 49.2 Å². The van der Waals surface area contributed by atoms with E-state index in [1.54, 1.807) is 44.2 Å². The third-order valence-corrected chi connectivity index (χ3v) is 11.1. The van der Waals surface area contributed by atoms with Crippen LogP contribution >= 0.6 is 11.3 Å². The van der Waals surface area contributed by atoms with Crippen molar-refractivity contribution in [1.82, 2.24) is 35.2 Å². The maximum Gasteiger partial charge on any atom is 0.737 e. The Kier molecular flexibility index (Phi) is 11.0. The zero-order valence-electron chi connectivity index (χ0n) is 31.2. The van der Waals surface area contributed by atoms with E-state index in [0.717, 1.165) is 30.8 Å². The number of allylic oxidation sites excluding steroid dienone is 2. The molecule has 1 fully saturated rings. The van der Waals surface area contributed by atoms with Crippen LogP contribution in [0.5, 0.6) is 5.75 Å². The molecule has 8 N–H and O–H groups in total. The summed E-state index contributed by atoms with van der Waals surface area (Å²) in [7, 11) is -1.64. The summed E-state index contributed by atoms with van der Waals surface area (Å²) >= 11 is 1.00. The van der Waals surface area contributed by atoms with E-state index < -0.39 is 62.0 Å². The van der Waals surface area contributed by atoms with E-state index in [9.17, 15) is 39.2 Å². The lowest BCUT2D eigenvalue weighted by Gasteiger charge is -2.37. The number of halogens is 2. The molecule has 7 rings (SSSR count). The molecule has 0 radical (unpaired) electrons. The van der Waals surface area contributed by atoms with E-state index >= 15 is 8.63 Å². The summed E-state index contributed by atoms with van der Waals surface area (Å²) in [6.07, 6.45) is 2.94. The number of aromatic nitrogens is 2. The molecule has 3 aromatic rings. The summed E-state index contributed by atoms with van der Waals surface area (Å²) < 4.78 is 38.9. The number of nitrogens with one attached hydrogen (secondary N) is 3. The first-order chi connectivity index (χ1) is 27.5. The van der Waals surface area contributed by atoms with Gasteiger partial charge < -0.3 is 58.8 Å². The number of rotatable bonds is 13. The monoisotopic (exact) mass is 821 g/mol. The molecule has 58 heavy (non-hydrogen) atoms. The van der Waals surface area contributed by atoms with Crippen LogP contribution in [0.4, 0.5) is 13.8 Å². The minimum atomic E-state index is -4.17. The molecule has 0 spiro atoms. The quantitative estimate of drug-likeness (QED) is 0.0671. The fourth-order valence-electron chi connectivity index (χ4n) is 7.64. The smallest absolute Gasteiger partial charge is 0.534 e. The highest BCUT2D eigenvalue weighted by Crippen LogP contribution is 2.35. The average Bonchev–Trinajstić information content (AvgIpc) is 3.88. The van der Waals surface area contributed by atoms with Crippen LogP contribution in [0.1, 0.15) is 57.5 Å². The number of thiazole rings is 1. The molecule has 0 saturated carbocycles. The number of amides is 4. The second-order valence-electron chi connectivity index (χ2n) is 14.2. The number of para-hydroxylation sites is 1. The number of nitrogen functional groups attached to an aromatic ring is 1. The molecule has 4 aliphatic rings. The van der Waals surface area contributed by atoms with Crippen molar-refractivity contribution in [3.63, 3.8) is 0 Å². The predicted octanol–water partition coefficient (Wildman–Crippen LogP) is -0.244. The molecule has 0 aliphatic carbocycles. The number of aliphatic hydroxyl groups excluding tert-OH is 1. The third-order valence-electron chi connectivity index (χ3n) is 10.4. The van der Waals surface area contributed by atoms with Crippen molar-refractivity contribution in [1.29, 1.82) is 0 Å². The predicted molar refractivity (Wildman–Crippen MR) is 206 cm³/mol. The first kappa shape index (κ1) is 40.3. The Morgan fingerprint density at radius 1 is 1.19 bits per heavy atom. The van der Waals surface area contributed by atoms with Gasteiger partial charge in [0.15, 0.2) is 17.2 Å². The van der Waals surface area contributed by atoms with Crippen molar-refractivity contribution >= 4 is 71.9 Å². The number of carbonyl (C=O) groups is 5. The van der Waals surface area contributed by atoms with Crippen LogP contribution < -0.4 is 26.3 Å². The molecular formula is C35H39B2F2N9O9S. The molecule has 1 saturated heterocycles. The number of benzene rings is 1. The number of carbonyl (C=O) groups excluding carboxylic acids is 4. The molecule has 3 atom stereocenters. The van der Waals surface area contributed by atoms with Crippen LogP contribution in [0.2, 0.25) is 0 Å². The molecule has 18 nitrogen and oxygen atoms in total. The molecule has 304 valence electrons. The highest BCUT2D eigenvalue weighted by atomic mass is 32.1. The molecule has 2 unspecified atom stereocenters. The first-order valence-corrected chi connectivity index (χ1v) is 19.2. The van der Waals surface area contributed by atoms with Gasteiger partial charge in [-0.1, -0.05) is 12.1 Å². The van der Waals surface area contributed by atoms with Crippen LogP contribution in [0.15, 0.2) is 47.5 Å².